The number of aromatic nitrogens is 2. The number of pyridine rings is 2. The molecule has 0 fully saturated rings. The van der Waals surface area contributed by atoms with Gasteiger partial charge in [-0.05, 0) is 29.8 Å². The van der Waals surface area contributed by atoms with E-state index < -0.39 is 17.4 Å². The van der Waals surface area contributed by atoms with Gasteiger partial charge in [0, 0.05) is 12.4 Å². The summed E-state index contributed by atoms with van der Waals surface area (Å²) in [6.45, 7) is 0.327. The number of amides is 1. The number of carboxylic acid groups (broad SMARTS) is 1. The summed E-state index contributed by atoms with van der Waals surface area (Å²) in [6, 6.07) is 15.3. The van der Waals surface area contributed by atoms with Crippen molar-refractivity contribution in [3.8, 4) is 0 Å². The molecule has 2 aromatic heterocycles. The van der Waals surface area contributed by atoms with Crippen LogP contribution in [0.5, 0.6) is 0 Å². The first-order valence-corrected chi connectivity index (χ1v) is 7.79. The van der Waals surface area contributed by atoms with Crippen molar-refractivity contribution in [2.75, 3.05) is 5.32 Å². The van der Waals surface area contributed by atoms with Crippen molar-refractivity contribution in [2.45, 2.75) is 6.54 Å². The molecule has 0 saturated carbocycles. The number of carboxylic acids is 1. The molecule has 0 radical (unpaired) electrons. The molecule has 0 saturated heterocycles. The molecule has 7 nitrogen and oxygen atoms in total. The van der Waals surface area contributed by atoms with Crippen LogP contribution in [-0.4, -0.2) is 26.5 Å². The second-order valence-electron chi connectivity index (χ2n) is 5.50. The predicted molar refractivity (Wildman–Crippen MR) is 95.4 cm³/mol. The van der Waals surface area contributed by atoms with Crippen molar-refractivity contribution in [1.82, 2.24) is 9.55 Å². The van der Waals surface area contributed by atoms with Gasteiger partial charge in [-0.15, -0.1) is 0 Å². The minimum atomic E-state index is -1.27. The molecule has 1 aromatic carbocycles. The molecule has 3 aromatic rings. The van der Waals surface area contributed by atoms with Crippen LogP contribution in [0.3, 0.4) is 0 Å². The van der Waals surface area contributed by atoms with Gasteiger partial charge in [0.2, 0.25) is 0 Å². The number of aromatic carboxylic acids is 1. The van der Waals surface area contributed by atoms with Crippen LogP contribution in [0.2, 0.25) is 0 Å². The van der Waals surface area contributed by atoms with E-state index in [0.717, 1.165) is 5.56 Å². The Hall–Kier alpha value is -3.74. The first-order valence-electron chi connectivity index (χ1n) is 7.79. The minimum Gasteiger partial charge on any atom is -0.476 e. The Morgan fingerprint density at radius 1 is 1.04 bits per heavy atom. The number of carbonyl (C=O) groups is 2. The van der Waals surface area contributed by atoms with Crippen molar-refractivity contribution in [1.29, 1.82) is 0 Å². The van der Waals surface area contributed by atoms with Crippen molar-refractivity contribution in [3.63, 3.8) is 0 Å². The lowest BCUT2D eigenvalue weighted by atomic mass is 10.2. The highest BCUT2D eigenvalue weighted by molar-refractivity contribution is 6.06. The summed E-state index contributed by atoms with van der Waals surface area (Å²) in [5.41, 5.74) is 0.120. The number of rotatable bonds is 5. The molecule has 130 valence electrons. The van der Waals surface area contributed by atoms with Gasteiger partial charge >= 0.3 is 5.97 Å². The third-order valence-corrected chi connectivity index (χ3v) is 3.72. The Morgan fingerprint density at radius 2 is 1.81 bits per heavy atom. The summed E-state index contributed by atoms with van der Waals surface area (Å²) in [5, 5.41) is 11.6. The fourth-order valence-corrected chi connectivity index (χ4v) is 2.48. The largest absolute Gasteiger partial charge is 0.476 e. The van der Waals surface area contributed by atoms with Crippen LogP contribution < -0.4 is 10.9 Å². The van der Waals surface area contributed by atoms with E-state index in [1.807, 2.05) is 30.3 Å². The van der Waals surface area contributed by atoms with Crippen molar-refractivity contribution < 1.29 is 14.7 Å². The molecule has 2 heterocycles. The minimum absolute atomic E-state index is 0.0304. The van der Waals surface area contributed by atoms with Crippen LogP contribution in [0.4, 0.5) is 5.69 Å². The zero-order valence-electron chi connectivity index (χ0n) is 13.6. The van der Waals surface area contributed by atoms with Gasteiger partial charge in [0.05, 0.1) is 12.2 Å². The maximum atomic E-state index is 12.6. The van der Waals surface area contributed by atoms with Crippen molar-refractivity contribution in [2.24, 2.45) is 0 Å². The monoisotopic (exact) mass is 349 g/mol. The molecule has 0 spiro atoms. The van der Waals surface area contributed by atoms with E-state index in [2.05, 4.69) is 10.3 Å². The summed E-state index contributed by atoms with van der Waals surface area (Å²) in [5.74, 6) is -1.96. The molecule has 0 unspecified atom stereocenters. The highest BCUT2D eigenvalue weighted by Gasteiger charge is 2.17. The highest BCUT2D eigenvalue weighted by Crippen LogP contribution is 2.13. The van der Waals surface area contributed by atoms with Crippen LogP contribution >= 0.6 is 0 Å². The van der Waals surface area contributed by atoms with Crippen LogP contribution in [-0.2, 0) is 6.54 Å². The first kappa shape index (κ1) is 17.1. The van der Waals surface area contributed by atoms with E-state index in [9.17, 15) is 14.4 Å². The normalized spacial score (nSPS) is 10.3. The topological polar surface area (TPSA) is 101 Å². The third-order valence-electron chi connectivity index (χ3n) is 3.72. The molecule has 3 rings (SSSR count). The molecular formula is C19H15N3O4. The molecule has 2 N–H and O–H groups in total. The number of hydrogen-bond donors (Lipinski definition) is 2. The molecule has 26 heavy (non-hydrogen) atoms. The van der Waals surface area contributed by atoms with Gasteiger partial charge in [0.15, 0.2) is 5.69 Å². The summed E-state index contributed by atoms with van der Waals surface area (Å²) < 4.78 is 1.42. The van der Waals surface area contributed by atoms with E-state index in [0.29, 0.717) is 6.54 Å². The quantitative estimate of drug-likeness (QED) is 0.736. The number of nitrogens with zero attached hydrogens (tertiary/aromatic N) is 2. The lowest BCUT2D eigenvalue weighted by Crippen LogP contribution is -2.29. The van der Waals surface area contributed by atoms with Gasteiger partial charge in [0.1, 0.15) is 5.56 Å². The van der Waals surface area contributed by atoms with Crippen LogP contribution in [0, 0.1) is 0 Å². The average Bonchev–Trinajstić information content (AvgIpc) is 2.64. The Balaban J connectivity index is 1.88. The van der Waals surface area contributed by atoms with E-state index >= 15 is 0 Å². The average molecular weight is 349 g/mol. The van der Waals surface area contributed by atoms with Crippen LogP contribution in [0.25, 0.3) is 0 Å². The summed E-state index contributed by atoms with van der Waals surface area (Å²) in [7, 11) is 0. The van der Waals surface area contributed by atoms with E-state index in [-0.39, 0.29) is 16.9 Å². The number of hydrogen-bond acceptors (Lipinski definition) is 4. The van der Waals surface area contributed by atoms with Gasteiger partial charge in [-0.1, -0.05) is 30.3 Å². The molecule has 0 aliphatic rings. The SMILES string of the molecule is O=C(O)c1ncccc1NC(=O)c1cccn(Cc2ccccc2)c1=O. The van der Waals surface area contributed by atoms with Gasteiger partial charge in [-0.25, -0.2) is 9.78 Å². The number of carbonyl (C=O) groups excluding carboxylic acids is 1. The molecule has 0 atom stereocenters. The van der Waals surface area contributed by atoms with Crippen LogP contribution in [0.1, 0.15) is 26.4 Å². The number of anilines is 1. The maximum Gasteiger partial charge on any atom is 0.356 e. The predicted octanol–water partition coefficient (Wildman–Crippen LogP) is 2.24. The highest BCUT2D eigenvalue weighted by atomic mass is 16.4. The summed E-state index contributed by atoms with van der Waals surface area (Å²) in [6.07, 6.45) is 2.91. The van der Waals surface area contributed by atoms with Gasteiger partial charge in [-0.2, -0.15) is 0 Å². The van der Waals surface area contributed by atoms with Gasteiger partial charge in [-0.3, -0.25) is 9.59 Å². The molecule has 0 aliphatic heterocycles. The standard InChI is InChI=1S/C19H15N3O4/c23-17(21-15-9-4-10-20-16(15)19(25)26)14-8-5-11-22(18(14)24)12-13-6-2-1-3-7-13/h1-11H,12H2,(H,21,23)(H,25,26). The molecule has 0 bridgehead atoms. The third kappa shape index (κ3) is 3.67. The van der Waals surface area contributed by atoms with E-state index in [1.54, 1.807) is 12.3 Å². The van der Waals surface area contributed by atoms with Gasteiger partial charge in [0.25, 0.3) is 11.5 Å². The van der Waals surface area contributed by atoms with Crippen molar-refractivity contribution >= 4 is 17.6 Å². The number of nitrogens with one attached hydrogen (secondary N) is 1. The fraction of sp³-hybridized carbons (Fsp3) is 0.0526. The summed E-state index contributed by atoms with van der Waals surface area (Å²) in [4.78, 5) is 40.0. The molecule has 7 heteroatoms. The zero-order chi connectivity index (χ0) is 18.5. The molecule has 0 aliphatic carbocycles. The molecular weight excluding hydrogens is 334 g/mol. The van der Waals surface area contributed by atoms with Crippen molar-refractivity contribution in [3.05, 3.63) is 94.2 Å². The zero-order valence-corrected chi connectivity index (χ0v) is 13.6. The second-order valence-corrected chi connectivity index (χ2v) is 5.50. The number of benzene rings is 1. The first-order chi connectivity index (χ1) is 12.6. The second kappa shape index (κ2) is 7.43. The van der Waals surface area contributed by atoms with E-state index in [4.69, 9.17) is 5.11 Å². The Bertz CT molecular complexity index is 1010. The Kier molecular flexibility index (Phi) is 4.89. The van der Waals surface area contributed by atoms with Gasteiger partial charge < -0.3 is 15.0 Å². The maximum absolute atomic E-state index is 12.6. The Morgan fingerprint density at radius 3 is 2.54 bits per heavy atom. The summed E-state index contributed by atoms with van der Waals surface area (Å²) >= 11 is 0. The fourth-order valence-electron chi connectivity index (χ4n) is 2.48. The van der Waals surface area contributed by atoms with E-state index in [1.165, 1.54) is 29.0 Å². The smallest absolute Gasteiger partial charge is 0.356 e. The lowest BCUT2D eigenvalue weighted by Gasteiger charge is -2.10. The Labute approximate surface area is 148 Å². The molecule has 1 amide bonds. The lowest BCUT2D eigenvalue weighted by molar-refractivity contribution is 0.0691. The van der Waals surface area contributed by atoms with Crippen LogP contribution in [0.15, 0.2) is 71.8 Å².